The Morgan fingerprint density at radius 1 is 0.872 bits per heavy atom. The van der Waals surface area contributed by atoms with E-state index in [0.29, 0.717) is 5.02 Å². The lowest BCUT2D eigenvalue weighted by Crippen LogP contribution is -2.34. The molecule has 8 heteroatoms. The second-order valence-electron chi connectivity index (χ2n) is 9.34. The average Bonchev–Trinajstić information content (AvgIpc) is 2.92. The normalized spacial score (nSPS) is 11.2. The van der Waals surface area contributed by atoms with E-state index in [1.165, 1.54) is 4.31 Å². The number of carbonyl (C=O) groups is 1. The van der Waals surface area contributed by atoms with E-state index in [-0.39, 0.29) is 35.8 Å². The van der Waals surface area contributed by atoms with Crippen LogP contribution in [-0.2, 0) is 16.6 Å². The third-order valence-electron chi connectivity index (χ3n) is 6.24. The highest BCUT2D eigenvalue weighted by Crippen LogP contribution is 2.30. The number of rotatable bonds is 10. The van der Waals surface area contributed by atoms with Crippen molar-refractivity contribution >= 4 is 33.2 Å². The van der Waals surface area contributed by atoms with Crippen molar-refractivity contribution in [2.75, 3.05) is 17.5 Å². The lowest BCUT2D eigenvalue weighted by atomic mass is 10.1. The van der Waals surface area contributed by atoms with Crippen molar-refractivity contribution in [3.05, 3.63) is 124 Å². The SMILES string of the molecule is Cc1ccc(S(=O)(=O)N(Cc2ccc(Cl)cc2)c2ccccc2C(=O)NCCOc2ccc(C)cc2C)cc1. The number of aryl methyl sites for hydroxylation is 3. The van der Waals surface area contributed by atoms with Gasteiger partial charge >= 0.3 is 0 Å². The van der Waals surface area contributed by atoms with Crippen LogP contribution in [0, 0.1) is 20.8 Å². The lowest BCUT2D eigenvalue weighted by molar-refractivity contribution is 0.0947. The minimum absolute atomic E-state index is 0.0213. The zero-order valence-electron chi connectivity index (χ0n) is 22.1. The molecule has 0 fully saturated rings. The molecule has 0 saturated heterocycles. The summed E-state index contributed by atoms with van der Waals surface area (Å²) in [6.07, 6.45) is 0. The van der Waals surface area contributed by atoms with Gasteiger partial charge in [0.15, 0.2) is 0 Å². The second-order valence-corrected chi connectivity index (χ2v) is 11.6. The van der Waals surface area contributed by atoms with Gasteiger partial charge in [0.05, 0.1) is 29.2 Å². The van der Waals surface area contributed by atoms with E-state index in [1.807, 2.05) is 39.0 Å². The molecule has 0 spiro atoms. The van der Waals surface area contributed by atoms with Crippen LogP contribution in [0.5, 0.6) is 5.75 Å². The molecule has 6 nitrogen and oxygen atoms in total. The Bertz CT molecular complexity index is 1550. The van der Waals surface area contributed by atoms with Crippen LogP contribution in [0.1, 0.15) is 32.6 Å². The monoisotopic (exact) mass is 562 g/mol. The smallest absolute Gasteiger partial charge is 0.264 e. The Kier molecular flexibility index (Phi) is 8.94. The molecule has 4 rings (SSSR count). The van der Waals surface area contributed by atoms with Gasteiger partial charge in [-0.3, -0.25) is 9.10 Å². The van der Waals surface area contributed by atoms with Gasteiger partial charge in [-0.15, -0.1) is 0 Å². The van der Waals surface area contributed by atoms with Crippen LogP contribution in [0.2, 0.25) is 5.02 Å². The summed E-state index contributed by atoms with van der Waals surface area (Å²) in [6, 6.07) is 26.2. The maximum absolute atomic E-state index is 13.9. The molecule has 1 amide bonds. The summed E-state index contributed by atoms with van der Waals surface area (Å²) >= 11 is 6.05. The Hall–Kier alpha value is -3.81. The number of hydrogen-bond acceptors (Lipinski definition) is 4. The number of benzene rings is 4. The highest BCUT2D eigenvalue weighted by atomic mass is 35.5. The summed E-state index contributed by atoms with van der Waals surface area (Å²) in [4.78, 5) is 13.4. The minimum atomic E-state index is -4.01. The fourth-order valence-corrected chi connectivity index (χ4v) is 5.76. The number of nitrogens with one attached hydrogen (secondary N) is 1. The van der Waals surface area contributed by atoms with Crippen LogP contribution in [0.4, 0.5) is 5.69 Å². The highest BCUT2D eigenvalue weighted by Gasteiger charge is 2.28. The number of sulfonamides is 1. The van der Waals surface area contributed by atoms with Crippen molar-refractivity contribution in [3.63, 3.8) is 0 Å². The molecular weight excluding hydrogens is 532 g/mol. The van der Waals surface area contributed by atoms with Crippen LogP contribution >= 0.6 is 11.6 Å². The topological polar surface area (TPSA) is 75.7 Å². The van der Waals surface area contributed by atoms with E-state index in [0.717, 1.165) is 28.0 Å². The Labute approximate surface area is 235 Å². The summed E-state index contributed by atoms with van der Waals surface area (Å²) in [7, 11) is -4.01. The van der Waals surface area contributed by atoms with Crippen LogP contribution in [-0.4, -0.2) is 27.5 Å². The van der Waals surface area contributed by atoms with E-state index >= 15 is 0 Å². The van der Waals surface area contributed by atoms with Gasteiger partial charge in [0.25, 0.3) is 15.9 Å². The second kappa shape index (κ2) is 12.4. The first kappa shape index (κ1) is 28.2. The summed E-state index contributed by atoms with van der Waals surface area (Å²) in [5.41, 5.74) is 4.36. The van der Waals surface area contributed by atoms with Gasteiger partial charge in [-0.25, -0.2) is 8.42 Å². The van der Waals surface area contributed by atoms with E-state index < -0.39 is 15.9 Å². The third-order valence-corrected chi connectivity index (χ3v) is 8.27. The van der Waals surface area contributed by atoms with Crippen molar-refractivity contribution in [1.82, 2.24) is 5.32 Å². The van der Waals surface area contributed by atoms with E-state index in [2.05, 4.69) is 5.32 Å². The van der Waals surface area contributed by atoms with E-state index in [9.17, 15) is 13.2 Å². The molecule has 0 unspecified atom stereocenters. The number of carbonyl (C=O) groups excluding carboxylic acids is 1. The van der Waals surface area contributed by atoms with E-state index in [4.69, 9.17) is 16.3 Å². The van der Waals surface area contributed by atoms with Crippen molar-refractivity contribution in [2.24, 2.45) is 0 Å². The molecule has 0 heterocycles. The molecule has 4 aromatic carbocycles. The van der Waals surface area contributed by atoms with Gasteiger partial charge < -0.3 is 10.1 Å². The molecule has 39 heavy (non-hydrogen) atoms. The fraction of sp³-hybridized carbons (Fsp3) is 0.194. The molecule has 0 atom stereocenters. The number of para-hydroxylation sites is 1. The highest BCUT2D eigenvalue weighted by molar-refractivity contribution is 7.92. The Balaban J connectivity index is 1.60. The van der Waals surface area contributed by atoms with Gasteiger partial charge in [0, 0.05) is 5.02 Å². The van der Waals surface area contributed by atoms with Crippen molar-refractivity contribution in [3.8, 4) is 5.75 Å². The molecule has 0 saturated carbocycles. The molecule has 202 valence electrons. The summed E-state index contributed by atoms with van der Waals surface area (Å²) < 4.78 is 34.9. The predicted molar refractivity (Wildman–Crippen MR) is 156 cm³/mol. The Morgan fingerprint density at radius 2 is 1.54 bits per heavy atom. The average molecular weight is 563 g/mol. The van der Waals surface area contributed by atoms with Crippen molar-refractivity contribution in [2.45, 2.75) is 32.2 Å². The van der Waals surface area contributed by atoms with Gasteiger partial charge in [0.1, 0.15) is 12.4 Å². The fourth-order valence-electron chi connectivity index (χ4n) is 4.16. The van der Waals surface area contributed by atoms with Gasteiger partial charge in [-0.05, 0) is 74.4 Å². The summed E-state index contributed by atoms with van der Waals surface area (Å²) in [6.45, 7) is 6.43. The third kappa shape index (κ3) is 6.99. The molecule has 1 N–H and O–H groups in total. The molecule has 0 aliphatic heterocycles. The molecule has 0 aliphatic rings. The lowest BCUT2D eigenvalue weighted by Gasteiger charge is -2.27. The zero-order chi connectivity index (χ0) is 28.0. The predicted octanol–water partition coefficient (Wildman–Crippen LogP) is 6.47. The first-order valence-electron chi connectivity index (χ1n) is 12.6. The van der Waals surface area contributed by atoms with Gasteiger partial charge in [-0.1, -0.05) is 71.3 Å². The summed E-state index contributed by atoms with van der Waals surface area (Å²) in [5, 5.41) is 3.41. The molecule has 0 aromatic heterocycles. The number of nitrogens with zero attached hydrogens (tertiary/aromatic N) is 1. The first-order valence-corrected chi connectivity index (χ1v) is 14.4. The quantitative estimate of drug-likeness (QED) is 0.225. The van der Waals surface area contributed by atoms with Crippen LogP contribution < -0.4 is 14.4 Å². The molecular formula is C31H31ClN2O4S. The zero-order valence-corrected chi connectivity index (χ0v) is 23.7. The van der Waals surface area contributed by atoms with Crippen molar-refractivity contribution < 1.29 is 17.9 Å². The number of amides is 1. The van der Waals surface area contributed by atoms with E-state index in [1.54, 1.807) is 72.8 Å². The van der Waals surface area contributed by atoms with Crippen LogP contribution in [0.25, 0.3) is 0 Å². The minimum Gasteiger partial charge on any atom is -0.491 e. The molecule has 0 aliphatic carbocycles. The number of halogens is 1. The number of anilines is 1. The number of ether oxygens (including phenoxy) is 1. The molecule has 0 radical (unpaired) electrons. The molecule has 0 bridgehead atoms. The van der Waals surface area contributed by atoms with Crippen molar-refractivity contribution in [1.29, 1.82) is 0 Å². The van der Waals surface area contributed by atoms with Crippen LogP contribution in [0.15, 0.2) is 95.9 Å². The maximum atomic E-state index is 13.9. The van der Waals surface area contributed by atoms with Gasteiger partial charge in [0.2, 0.25) is 0 Å². The molecule has 4 aromatic rings. The van der Waals surface area contributed by atoms with Crippen LogP contribution in [0.3, 0.4) is 0 Å². The largest absolute Gasteiger partial charge is 0.491 e. The Morgan fingerprint density at radius 3 is 2.23 bits per heavy atom. The summed E-state index contributed by atoms with van der Waals surface area (Å²) in [5.74, 6) is 0.364. The maximum Gasteiger partial charge on any atom is 0.264 e. The van der Waals surface area contributed by atoms with Gasteiger partial charge in [-0.2, -0.15) is 0 Å². The first-order chi connectivity index (χ1) is 18.6. The number of hydrogen-bond donors (Lipinski definition) is 1. The standard InChI is InChI=1S/C31H31ClN2O4S/c1-22-8-15-27(16-9-22)39(36,37)34(21-25-11-13-26(32)14-12-25)29-7-5-4-6-28(29)31(35)33-18-19-38-30-17-10-23(2)20-24(30)3/h4-17,20H,18-19,21H2,1-3H3,(H,33,35).